The molecule has 0 radical (unpaired) electrons. The Kier molecular flexibility index (Phi) is 3.25. The zero-order valence-electron chi connectivity index (χ0n) is 10.8. The van der Waals surface area contributed by atoms with E-state index in [1.807, 2.05) is 0 Å². The van der Waals surface area contributed by atoms with Crippen molar-refractivity contribution in [3.63, 3.8) is 0 Å². The molecule has 110 valence electrons. The van der Waals surface area contributed by atoms with Crippen LogP contribution in [0.25, 0.3) is 0 Å². The Morgan fingerprint density at radius 3 is 2.50 bits per heavy atom. The van der Waals surface area contributed by atoms with Crippen LogP contribution in [0.3, 0.4) is 0 Å². The highest BCUT2D eigenvalue weighted by Crippen LogP contribution is 2.49. The van der Waals surface area contributed by atoms with Gasteiger partial charge >= 0.3 is 0 Å². The summed E-state index contributed by atoms with van der Waals surface area (Å²) < 4.78 is 53.3. The molecule has 2 fully saturated rings. The highest BCUT2D eigenvalue weighted by atomic mass is 19.2. The second kappa shape index (κ2) is 4.70. The molecule has 0 aliphatic carbocycles. The minimum absolute atomic E-state index is 0.131. The maximum absolute atomic E-state index is 13.6. The maximum Gasteiger partial charge on any atom is 0.194 e. The third-order valence-electron chi connectivity index (χ3n) is 4.55. The van der Waals surface area contributed by atoms with Crippen molar-refractivity contribution in [3.8, 4) is 0 Å². The molecule has 6 heteroatoms. The first-order chi connectivity index (χ1) is 9.47. The lowest BCUT2D eigenvalue weighted by Gasteiger charge is -2.33. The van der Waals surface area contributed by atoms with Crippen LogP contribution in [0, 0.1) is 17.5 Å². The SMILES string of the molecule is OC[C@@]12CC[C@H](c3cc(F)c(F)c(F)c3)N1C[C@H](F)C2. The number of aliphatic hydroxyl groups is 1. The summed E-state index contributed by atoms with van der Waals surface area (Å²) in [6.45, 7) is -0.0537. The highest BCUT2D eigenvalue weighted by Gasteiger charge is 2.52. The van der Waals surface area contributed by atoms with Gasteiger partial charge in [-0.1, -0.05) is 0 Å². The van der Waals surface area contributed by atoms with Crippen LogP contribution in [0.1, 0.15) is 30.9 Å². The molecule has 0 amide bonds. The summed E-state index contributed by atoms with van der Waals surface area (Å²) in [4.78, 5) is 1.77. The molecule has 1 aromatic rings. The Morgan fingerprint density at radius 2 is 1.90 bits per heavy atom. The summed E-state index contributed by atoms with van der Waals surface area (Å²) in [6.07, 6.45) is 0.305. The first-order valence-corrected chi connectivity index (χ1v) is 6.63. The quantitative estimate of drug-likeness (QED) is 0.668. The van der Waals surface area contributed by atoms with Gasteiger partial charge in [0.05, 0.1) is 6.61 Å². The van der Waals surface area contributed by atoms with Gasteiger partial charge in [-0.3, -0.25) is 4.90 Å². The second-order valence-electron chi connectivity index (χ2n) is 5.69. The Labute approximate surface area is 114 Å². The molecule has 0 bridgehead atoms. The fourth-order valence-corrected chi connectivity index (χ4v) is 3.61. The number of fused-ring (bicyclic) bond motifs is 1. The number of hydrogen-bond acceptors (Lipinski definition) is 2. The smallest absolute Gasteiger partial charge is 0.194 e. The van der Waals surface area contributed by atoms with E-state index in [1.165, 1.54) is 0 Å². The van der Waals surface area contributed by atoms with E-state index < -0.39 is 29.2 Å². The van der Waals surface area contributed by atoms with Crippen molar-refractivity contribution in [1.82, 2.24) is 4.90 Å². The molecule has 2 aliphatic rings. The lowest BCUT2D eigenvalue weighted by Crippen LogP contribution is -2.42. The largest absolute Gasteiger partial charge is 0.394 e. The zero-order valence-corrected chi connectivity index (χ0v) is 10.8. The number of alkyl halides is 1. The maximum atomic E-state index is 13.6. The van der Waals surface area contributed by atoms with Gasteiger partial charge in [-0.2, -0.15) is 0 Å². The van der Waals surface area contributed by atoms with E-state index in [1.54, 1.807) is 4.90 Å². The van der Waals surface area contributed by atoms with Gasteiger partial charge in [0.15, 0.2) is 17.5 Å². The number of benzene rings is 1. The summed E-state index contributed by atoms with van der Waals surface area (Å²) in [7, 11) is 0. The van der Waals surface area contributed by atoms with Crippen molar-refractivity contribution < 1.29 is 22.7 Å². The first-order valence-electron chi connectivity index (χ1n) is 6.63. The lowest BCUT2D eigenvalue weighted by atomic mass is 9.94. The normalized spacial score (nSPS) is 33.6. The molecular formula is C14H15F4NO. The second-order valence-corrected chi connectivity index (χ2v) is 5.69. The van der Waals surface area contributed by atoms with Crippen LogP contribution in [0.2, 0.25) is 0 Å². The standard InChI is InChI=1S/C14H15F4NO/c15-9-5-14(7-20)2-1-12(19(14)6-9)8-3-10(16)13(18)11(17)4-8/h3-4,9,12,20H,1-2,5-7H2/t9-,12-,14+/m1/s1. The van der Waals surface area contributed by atoms with E-state index in [-0.39, 0.29) is 25.6 Å². The average Bonchev–Trinajstić information content (AvgIpc) is 2.90. The van der Waals surface area contributed by atoms with Crippen LogP contribution >= 0.6 is 0 Å². The predicted molar refractivity (Wildman–Crippen MR) is 64.3 cm³/mol. The Balaban J connectivity index is 1.96. The van der Waals surface area contributed by atoms with Gasteiger partial charge in [0.2, 0.25) is 0 Å². The van der Waals surface area contributed by atoms with Crippen molar-refractivity contribution in [2.24, 2.45) is 0 Å². The average molecular weight is 289 g/mol. The van der Waals surface area contributed by atoms with Crippen molar-refractivity contribution in [3.05, 3.63) is 35.1 Å². The molecule has 0 unspecified atom stereocenters. The van der Waals surface area contributed by atoms with Gasteiger partial charge < -0.3 is 5.11 Å². The minimum atomic E-state index is -1.50. The number of nitrogens with zero attached hydrogens (tertiary/aromatic N) is 1. The molecular weight excluding hydrogens is 274 g/mol. The van der Waals surface area contributed by atoms with Crippen LogP contribution in [0.4, 0.5) is 17.6 Å². The molecule has 0 saturated carbocycles. The summed E-state index contributed by atoms with van der Waals surface area (Å²) in [5, 5.41) is 9.55. The molecule has 3 rings (SSSR count). The summed E-state index contributed by atoms with van der Waals surface area (Å²) in [5.74, 6) is -3.97. The highest BCUT2D eigenvalue weighted by molar-refractivity contribution is 5.26. The fraction of sp³-hybridized carbons (Fsp3) is 0.571. The van der Waals surface area contributed by atoms with Gasteiger partial charge in [0.1, 0.15) is 6.17 Å². The van der Waals surface area contributed by atoms with E-state index in [4.69, 9.17) is 0 Å². The monoisotopic (exact) mass is 289 g/mol. The van der Waals surface area contributed by atoms with Crippen molar-refractivity contribution in [2.75, 3.05) is 13.2 Å². The van der Waals surface area contributed by atoms with E-state index in [0.29, 0.717) is 18.4 Å². The molecule has 2 aliphatic heterocycles. The third-order valence-corrected chi connectivity index (χ3v) is 4.55. The van der Waals surface area contributed by atoms with Gasteiger partial charge in [0.25, 0.3) is 0 Å². The van der Waals surface area contributed by atoms with Crippen LogP contribution in [-0.4, -0.2) is 34.9 Å². The van der Waals surface area contributed by atoms with Crippen molar-refractivity contribution in [2.45, 2.75) is 37.0 Å². The van der Waals surface area contributed by atoms with Gasteiger partial charge in [-0.15, -0.1) is 0 Å². The Hall–Kier alpha value is -1.14. The molecule has 2 saturated heterocycles. The predicted octanol–water partition coefficient (Wildman–Crippen LogP) is 2.71. The van der Waals surface area contributed by atoms with Crippen LogP contribution in [0.15, 0.2) is 12.1 Å². The molecule has 1 aromatic carbocycles. The van der Waals surface area contributed by atoms with E-state index in [2.05, 4.69) is 0 Å². The number of aliphatic hydroxyl groups excluding tert-OH is 1. The minimum Gasteiger partial charge on any atom is -0.394 e. The van der Waals surface area contributed by atoms with Crippen LogP contribution in [-0.2, 0) is 0 Å². The Bertz CT molecular complexity index is 515. The third kappa shape index (κ3) is 1.93. The zero-order chi connectivity index (χ0) is 14.5. The van der Waals surface area contributed by atoms with E-state index in [0.717, 1.165) is 12.1 Å². The van der Waals surface area contributed by atoms with Crippen molar-refractivity contribution >= 4 is 0 Å². The van der Waals surface area contributed by atoms with E-state index in [9.17, 15) is 22.7 Å². The summed E-state index contributed by atoms with van der Waals surface area (Å²) in [5.41, 5.74) is -0.350. The number of rotatable bonds is 2. The van der Waals surface area contributed by atoms with Crippen molar-refractivity contribution in [1.29, 1.82) is 0 Å². The number of hydrogen-bond donors (Lipinski definition) is 1. The molecule has 0 aromatic heterocycles. The molecule has 20 heavy (non-hydrogen) atoms. The molecule has 0 spiro atoms. The lowest BCUT2D eigenvalue weighted by molar-refractivity contribution is 0.0774. The van der Waals surface area contributed by atoms with E-state index >= 15 is 0 Å². The van der Waals surface area contributed by atoms with Gasteiger partial charge in [-0.25, -0.2) is 17.6 Å². The molecule has 3 atom stereocenters. The summed E-state index contributed by atoms with van der Waals surface area (Å²) in [6, 6.07) is 1.54. The fourth-order valence-electron chi connectivity index (χ4n) is 3.61. The van der Waals surface area contributed by atoms with Crippen LogP contribution in [0.5, 0.6) is 0 Å². The molecule has 2 heterocycles. The first kappa shape index (κ1) is 13.8. The number of halogens is 4. The van der Waals surface area contributed by atoms with Gasteiger partial charge in [0, 0.05) is 24.5 Å². The molecule has 2 nitrogen and oxygen atoms in total. The topological polar surface area (TPSA) is 23.5 Å². The van der Waals surface area contributed by atoms with Gasteiger partial charge in [-0.05, 0) is 30.5 Å². The summed E-state index contributed by atoms with van der Waals surface area (Å²) >= 11 is 0. The Morgan fingerprint density at radius 1 is 1.25 bits per heavy atom. The molecule has 1 N–H and O–H groups in total. The van der Waals surface area contributed by atoms with Crippen LogP contribution < -0.4 is 0 Å².